The van der Waals surface area contributed by atoms with Crippen LogP contribution in [0.15, 0.2) is 59.7 Å². The first-order chi connectivity index (χ1) is 15.2. The molecule has 0 bridgehead atoms. The van der Waals surface area contributed by atoms with E-state index in [9.17, 15) is 4.79 Å². The molecule has 2 aliphatic heterocycles. The molecule has 31 heavy (non-hydrogen) atoms. The summed E-state index contributed by atoms with van der Waals surface area (Å²) in [5, 5.41) is 6.39. The van der Waals surface area contributed by atoms with Gasteiger partial charge in [-0.25, -0.2) is 5.01 Å². The average Bonchev–Trinajstić information content (AvgIpc) is 3.29. The third-order valence-electron chi connectivity index (χ3n) is 5.36. The van der Waals surface area contributed by atoms with Gasteiger partial charge in [0.2, 0.25) is 0 Å². The maximum atomic E-state index is 13.2. The average molecular weight is 472 g/mol. The van der Waals surface area contributed by atoms with Crippen LogP contribution in [0.25, 0.3) is 0 Å². The molecule has 162 valence electrons. The number of thioether (sulfide) groups is 2. The third-order valence-corrected chi connectivity index (χ3v) is 7.81. The first-order valence-electron chi connectivity index (χ1n) is 10.2. The van der Waals surface area contributed by atoms with Crippen molar-refractivity contribution < 1.29 is 9.53 Å². The highest BCUT2D eigenvalue weighted by Gasteiger charge is 2.33. The standard InChI is InChI=1S/C23H25N3O2S3/c1-28-19-9-7-18(8-10-19)21-15-20(17-5-3-2-4-6-17)24-26(21)22(27)16-31-23(29)25-11-13-30-14-12-25/h2-10,21H,11-16H2,1H3. The number of nitrogens with zero attached hydrogens (tertiary/aromatic N) is 3. The Morgan fingerprint density at radius 1 is 1.16 bits per heavy atom. The molecule has 0 saturated carbocycles. The maximum Gasteiger partial charge on any atom is 0.253 e. The Balaban J connectivity index is 1.50. The van der Waals surface area contributed by atoms with Gasteiger partial charge in [-0.05, 0) is 23.3 Å². The molecule has 0 N–H and O–H groups in total. The van der Waals surface area contributed by atoms with E-state index in [4.69, 9.17) is 22.1 Å². The lowest BCUT2D eigenvalue weighted by atomic mass is 9.98. The van der Waals surface area contributed by atoms with Crippen molar-refractivity contribution in [1.82, 2.24) is 9.91 Å². The van der Waals surface area contributed by atoms with E-state index in [1.165, 1.54) is 11.8 Å². The molecule has 0 aromatic heterocycles. The second-order valence-corrected chi connectivity index (χ2v) is 10.1. The highest BCUT2D eigenvalue weighted by Crippen LogP contribution is 2.34. The summed E-state index contributed by atoms with van der Waals surface area (Å²) in [6.45, 7) is 1.92. The van der Waals surface area contributed by atoms with Gasteiger partial charge in [-0.15, -0.1) is 0 Å². The van der Waals surface area contributed by atoms with Crippen molar-refractivity contribution in [2.45, 2.75) is 12.5 Å². The minimum absolute atomic E-state index is 0.0227. The first-order valence-corrected chi connectivity index (χ1v) is 12.8. The molecule has 1 saturated heterocycles. The molecule has 5 nitrogen and oxygen atoms in total. The van der Waals surface area contributed by atoms with Crippen LogP contribution in [0.3, 0.4) is 0 Å². The number of thiocarbonyl (C=S) groups is 1. The summed E-state index contributed by atoms with van der Waals surface area (Å²) < 4.78 is 6.09. The summed E-state index contributed by atoms with van der Waals surface area (Å²) in [4.78, 5) is 15.4. The van der Waals surface area contributed by atoms with Gasteiger partial charge in [-0.1, -0.05) is 66.4 Å². The van der Waals surface area contributed by atoms with Crippen LogP contribution in [0, 0.1) is 0 Å². The number of benzene rings is 2. The lowest BCUT2D eigenvalue weighted by Gasteiger charge is -2.28. The molecule has 2 aromatic carbocycles. The van der Waals surface area contributed by atoms with E-state index in [-0.39, 0.29) is 11.9 Å². The van der Waals surface area contributed by atoms with Gasteiger partial charge >= 0.3 is 0 Å². The van der Waals surface area contributed by atoms with Crippen molar-refractivity contribution in [3.63, 3.8) is 0 Å². The summed E-state index contributed by atoms with van der Waals surface area (Å²) in [7, 11) is 1.65. The van der Waals surface area contributed by atoms with Crippen LogP contribution >= 0.6 is 35.7 Å². The van der Waals surface area contributed by atoms with Gasteiger partial charge in [-0.3, -0.25) is 4.79 Å². The lowest BCUT2D eigenvalue weighted by Crippen LogP contribution is -2.36. The molecule has 1 atom stereocenters. The van der Waals surface area contributed by atoms with E-state index in [0.717, 1.165) is 51.5 Å². The second kappa shape index (κ2) is 10.5. The van der Waals surface area contributed by atoms with Crippen LogP contribution in [-0.2, 0) is 4.79 Å². The molecule has 0 aliphatic carbocycles. The van der Waals surface area contributed by atoms with E-state index in [1.54, 1.807) is 12.1 Å². The Labute approximate surface area is 197 Å². The Bertz CT molecular complexity index is 944. The SMILES string of the molecule is COc1ccc(C2CC(c3ccccc3)=NN2C(=O)CSC(=S)N2CCSCC2)cc1. The van der Waals surface area contributed by atoms with Gasteiger partial charge in [0, 0.05) is 31.0 Å². The molecule has 4 rings (SSSR count). The number of carbonyl (C=O) groups is 1. The zero-order valence-electron chi connectivity index (χ0n) is 17.4. The Morgan fingerprint density at radius 2 is 1.87 bits per heavy atom. The minimum Gasteiger partial charge on any atom is -0.497 e. The molecule has 2 heterocycles. The molecule has 2 aromatic rings. The zero-order chi connectivity index (χ0) is 21.6. The van der Waals surface area contributed by atoms with E-state index in [1.807, 2.05) is 66.4 Å². The topological polar surface area (TPSA) is 45.1 Å². The molecule has 0 spiro atoms. The van der Waals surface area contributed by atoms with Crippen LogP contribution in [0.1, 0.15) is 23.6 Å². The summed E-state index contributed by atoms with van der Waals surface area (Å²) in [5.41, 5.74) is 3.02. The fourth-order valence-electron chi connectivity index (χ4n) is 3.66. The zero-order valence-corrected chi connectivity index (χ0v) is 19.8. The third kappa shape index (κ3) is 5.42. The Morgan fingerprint density at radius 3 is 2.55 bits per heavy atom. The van der Waals surface area contributed by atoms with Crippen LogP contribution < -0.4 is 4.74 Å². The summed E-state index contributed by atoms with van der Waals surface area (Å²) in [6.07, 6.45) is 0.681. The summed E-state index contributed by atoms with van der Waals surface area (Å²) >= 11 is 8.97. The van der Waals surface area contributed by atoms with Gasteiger partial charge < -0.3 is 9.64 Å². The highest BCUT2D eigenvalue weighted by atomic mass is 32.2. The molecular weight excluding hydrogens is 446 g/mol. The van der Waals surface area contributed by atoms with Crippen molar-refractivity contribution in [1.29, 1.82) is 0 Å². The highest BCUT2D eigenvalue weighted by molar-refractivity contribution is 8.23. The predicted octanol–water partition coefficient (Wildman–Crippen LogP) is 4.44. The van der Waals surface area contributed by atoms with Gasteiger partial charge in [0.25, 0.3) is 5.91 Å². The summed E-state index contributed by atoms with van der Waals surface area (Å²) in [6, 6.07) is 17.8. The smallest absolute Gasteiger partial charge is 0.253 e. The number of carbonyl (C=O) groups excluding carboxylic acids is 1. The number of hydrogen-bond acceptors (Lipinski definition) is 6. The van der Waals surface area contributed by atoms with Crippen molar-refractivity contribution in [2.24, 2.45) is 5.10 Å². The normalized spacial score (nSPS) is 18.6. The van der Waals surface area contributed by atoms with Crippen LogP contribution in [0.4, 0.5) is 0 Å². The molecule has 2 aliphatic rings. The Kier molecular flexibility index (Phi) is 7.53. The predicted molar refractivity (Wildman–Crippen MR) is 134 cm³/mol. The number of methoxy groups -OCH3 is 1. The number of ether oxygens (including phenoxy) is 1. The fourth-order valence-corrected chi connectivity index (χ4v) is 5.66. The molecule has 0 radical (unpaired) electrons. The Hall–Kier alpha value is -2.03. The molecular formula is C23H25N3O2S3. The number of amides is 1. The van der Waals surface area contributed by atoms with Gasteiger partial charge in [0.15, 0.2) is 0 Å². The van der Waals surface area contributed by atoms with E-state index in [0.29, 0.717) is 12.2 Å². The molecule has 1 unspecified atom stereocenters. The fraction of sp³-hybridized carbons (Fsp3) is 0.348. The monoisotopic (exact) mass is 471 g/mol. The first kappa shape index (κ1) is 22.2. The van der Waals surface area contributed by atoms with Crippen molar-refractivity contribution in [3.05, 3.63) is 65.7 Å². The summed E-state index contributed by atoms with van der Waals surface area (Å²) in [5.74, 6) is 3.24. The molecule has 8 heteroatoms. The number of hydrazone groups is 1. The maximum absolute atomic E-state index is 13.2. The van der Waals surface area contributed by atoms with Crippen LogP contribution in [0.2, 0.25) is 0 Å². The van der Waals surface area contributed by atoms with E-state index in [2.05, 4.69) is 4.90 Å². The quantitative estimate of drug-likeness (QED) is 0.601. The second-order valence-electron chi connectivity index (χ2n) is 7.30. The van der Waals surface area contributed by atoms with Gasteiger partial charge in [0.1, 0.15) is 10.1 Å². The van der Waals surface area contributed by atoms with E-state index < -0.39 is 0 Å². The van der Waals surface area contributed by atoms with Crippen LogP contribution in [0.5, 0.6) is 5.75 Å². The van der Waals surface area contributed by atoms with Crippen molar-refractivity contribution in [3.8, 4) is 5.75 Å². The number of rotatable bonds is 5. The molecule has 1 fully saturated rings. The number of hydrogen-bond donors (Lipinski definition) is 0. The van der Waals surface area contributed by atoms with Crippen molar-refractivity contribution in [2.75, 3.05) is 37.5 Å². The van der Waals surface area contributed by atoms with Crippen LogP contribution in [-0.4, -0.2) is 63.3 Å². The van der Waals surface area contributed by atoms with Crippen molar-refractivity contribution >= 4 is 51.7 Å². The van der Waals surface area contributed by atoms with Gasteiger partial charge in [-0.2, -0.15) is 16.9 Å². The van der Waals surface area contributed by atoms with E-state index >= 15 is 0 Å². The largest absolute Gasteiger partial charge is 0.497 e. The lowest BCUT2D eigenvalue weighted by molar-refractivity contribution is -0.130. The van der Waals surface area contributed by atoms with Gasteiger partial charge in [0.05, 0.1) is 24.6 Å². The molecule has 1 amide bonds. The minimum atomic E-state index is -0.130.